The lowest BCUT2D eigenvalue weighted by atomic mass is 10.3. The van der Waals surface area contributed by atoms with Crippen molar-refractivity contribution in [1.82, 2.24) is 14.8 Å². The van der Waals surface area contributed by atoms with Crippen molar-refractivity contribution in [2.45, 2.75) is 6.92 Å². The van der Waals surface area contributed by atoms with Gasteiger partial charge in [-0.3, -0.25) is 4.79 Å². The van der Waals surface area contributed by atoms with E-state index < -0.39 is 18.5 Å². The van der Waals surface area contributed by atoms with Gasteiger partial charge >= 0.3 is 5.97 Å². The number of carbonyl (C=O) groups excluding carboxylic acids is 2. The number of hydrogen-bond donors (Lipinski definition) is 1. The highest BCUT2D eigenvalue weighted by atomic mass is 35.5. The van der Waals surface area contributed by atoms with Crippen molar-refractivity contribution in [2.75, 3.05) is 11.9 Å². The number of rotatable bonds is 5. The molecule has 1 amide bonds. The van der Waals surface area contributed by atoms with Crippen LogP contribution < -0.4 is 5.32 Å². The van der Waals surface area contributed by atoms with Gasteiger partial charge in [-0.1, -0.05) is 34.8 Å². The van der Waals surface area contributed by atoms with E-state index >= 15 is 0 Å². The molecule has 0 aliphatic carbocycles. The third-order valence-corrected chi connectivity index (χ3v) is 6.05. The van der Waals surface area contributed by atoms with Gasteiger partial charge in [0, 0.05) is 16.6 Å². The lowest BCUT2D eigenvalue weighted by Crippen LogP contribution is -2.21. The number of aryl methyl sites for hydroxylation is 1. The normalized spacial score (nSPS) is 11.0. The van der Waals surface area contributed by atoms with Crippen LogP contribution in [0.2, 0.25) is 15.1 Å². The van der Waals surface area contributed by atoms with Crippen molar-refractivity contribution >= 4 is 74.1 Å². The zero-order valence-corrected chi connectivity index (χ0v) is 18.9. The Morgan fingerprint density at radius 1 is 1.13 bits per heavy atom. The van der Waals surface area contributed by atoms with Gasteiger partial charge in [-0.05, 0) is 43.3 Å². The minimum absolute atomic E-state index is 0.132. The molecule has 0 atom stereocenters. The molecule has 3 aromatic heterocycles. The fourth-order valence-corrected chi connectivity index (χ4v) is 4.41. The summed E-state index contributed by atoms with van der Waals surface area (Å²) in [5.74, 6) is -1.06. The number of nitrogens with zero attached hydrogens (tertiary/aromatic N) is 3. The highest BCUT2D eigenvalue weighted by Crippen LogP contribution is 2.31. The van der Waals surface area contributed by atoms with E-state index in [2.05, 4.69) is 15.4 Å². The topological polar surface area (TPSA) is 86.1 Å². The molecule has 7 nitrogen and oxygen atoms in total. The van der Waals surface area contributed by atoms with E-state index in [1.165, 1.54) is 23.6 Å². The Labute approximate surface area is 195 Å². The van der Waals surface area contributed by atoms with Crippen LogP contribution in [0.4, 0.5) is 5.82 Å². The second kappa shape index (κ2) is 8.84. The quantitative estimate of drug-likeness (QED) is 0.367. The number of benzene rings is 1. The Bertz CT molecular complexity index is 1300. The summed E-state index contributed by atoms with van der Waals surface area (Å²) in [5.41, 5.74) is 1.58. The van der Waals surface area contributed by atoms with Gasteiger partial charge in [0.1, 0.15) is 9.71 Å². The lowest BCUT2D eigenvalue weighted by molar-refractivity contribution is -0.119. The molecule has 0 aliphatic heterocycles. The van der Waals surface area contributed by atoms with Gasteiger partial charge in [0.2, 0.25) is 0 Å². The van der Waals surface area contributed by atoms with Crippen LogP contribution in [-0.2, 0) is 9.53 Å². The van der Waals surface area contributed by atoms with Crippen molar-refractivity contribution in [2.24, 2.45) is 0 Å². The Balaban J connectivity index is 1.47. The first-order chi connectivity index (χ1) is 14.8. The van der Waals surface area contributed by atoms with Crippen LogP contribution in [0.25, 0.3) is 15.9 Å². The number of carbonyl (C=O) groups is 2. The summed E-state index contributed by atoms with van der Waals surface area (Å²) in [6.07, 6.45) is 1.35. The summed E-state index contributed by atoms with van der Waals surface area (Å²) in [6, 6.07) is 10.4. The zero-order valence-electron chi connectivity index (χ0n) is 15.9. The number of thiophene rings is 1. The van der Waals surface area contributed by atoms with Crippen LogP contribution in [0, 0.1) is 6.92 Å². The summed E-state index contributed by atoms with van der Waals surface area (Å²) >= 11 is 18.9. The Kier molecular flexibility index (Phi) is 6.15. The molecule has 0 saturated carbocycles. The number of fused-ring (bicyclic) bond motifs is 1. The van der Waals surface area contributed by atoms with Crippen LogP contribution in [0.1, 0.15) is 15.4 Å². The number of ether oxygens (including phenoxy) is 1. The summed E-state index contributed by atoms with van der Waals surface area (Å²) in [7, 11) is 0. The molecule has 1 N–H and O–H groups in total. The Hall–Kier alpha value is -2.65. The number of nitrogens with one attached hydrogen (secondary N) is 1. The summed E-state index contributed by atoms with van der Waals surface area (Å²) in [4.78, 5) is 29.6. The zero-order chi connectivity index (χ0) is 22.1. The van der Waals surface area contributed by atoms with E-state index in [0.717, 1.165) is 21.6 Å². The van der Waals surface area contributed by atoms with Crippen molar-refractivity contribution < 1.29 is 14.3 Å². The average Bonchev–Trinajstić information content (AvgIpc) is 3.30. The maximum absolute atomic E-state index is 12.5. The maximum Gasteiger partial charge on any atom is 0.348 e. The van der Waals surface area contributed by atoms with Gasteiger partial charge in [0.15, 0.2) is 12.4 Å². The molecule has 158 valence electrons. The molecule has 0 fully saturated rings. The number of hydrogen-bond acceptors (Lipinski definition) is 6. The van der Waals surface area contributed by atoms with E-state index in [1.807, 2.05) is 19.1 Å². The van der Waals surface area contributed by atoms with Gasteiger partial charge in [-0.25, -0.2) is 14.5 Å². The van der Waals surface area contributed by atoms with Gasteiger partial charge in [0.05, 0.1) is 21.4 Å². The van der Waals surface area contributed by atoms with E-state index in [0.29, 0.717) is 14.9 Å². The first-order valence-corrected chi connectivity index (χ1v) is 10.8. The Morgan fingerprint density at radius 3 is 2.58 bits per heavy atom. The van der Waals surface area contributed by atoms with Crippen LogP contribution in [0.5, 0.6) is 0 Å². The molecule has 0 spiro atoms. The fourth-order valence-electron chi connectivity index (χ4n) is 2.78. The van der Waals surface area contributed by atoms with Crippen LogP contribution in [0.3, 0.4) is 0 Å². The molecule has 11 heteroatoms. The summed E-state index contributed by atoms with van der Waals surface area (Å²) in [5, 5.41) is 8.96. The highest BCUT2D eigenvalue weighted by molar-refractivity contribution is 7.20. The largest absolute Gasteiger partial charge is 0.451 e. The first kappa shape index (κ1) is 21.6. The number of esters is 1. The fraction of sp³-hybridized carbons (Fsp3) is 0.100. The minimum atomic E-state index is -0.617. The number of aromatic nitrogens is 3. The number of amides is 1. The van der Waals surface area contributed by atoms with Gasteiger partial charge in [0.25, 0.3) is 5.91 Å². The number of anilines is 1. The smallest absolute Gasteiger partial charge is 0.348 e. The maximum atomic E-state index is 12.5. The van der Waals surface area contributed by atoms with Crippen LogP contribution >= 0.6 is 46.1 Å². The SMILES string of the molecule is Cc1nn(-c2ccc(Cl)cc2)c2sc(C(=O)OCC(=O)Nc3ncc(Cl)cc3Cl)cc12. The van der Waals surface area contributed by atoms with Crippen molar-refractivity contribution in [1.29, 1.82) is 0 Å². The van der Waals surface area contributed by atoms with Gasteiger partial charge in [-0.15, -0.1) is 11.3 Å². The third kappa shape index (κ3) is 4.67. The Morgan fingerprint density at radius 2 is 1.87 bits per heavy atom. The molecule has 0 saturated heterocycles. The molecule has 0 unspecified atom stereocenters. The predicted molar refractivity (Wildman–Crippen MR) is 122 cm³/mol. The van der Waals surface area contributed by atoms with Gasteiger partial charge in [-0.2, -0.15) is 5.10 Å². The molecule has 4 aromatic rings. The third-order valence-electron chi connectivity index (χ3n) is 4.22. The van der Waals surface area contributed by atoms with E-state index in [1.54, 1.807) is 22.9 Å². The predicted octanol–water partition coefficient (Wildman–Crippen LogP) is 5.55. The molecule has 0 aliphatic rings. The van der Waals surface area contributed by atoms with Gasteiger partial charge < -0.3 is 10.1 Å². The van der Waals surface area contributed by atoms with Crippen LogP contribution in [-0.4, -0.2) is 33.2 Å². The number of pyridine rings is 1. The summed E-state index contributed by atoms with van der Waals surface area (Å²) < 4.78 is 6.88. The van der Waals surface area contributed by atoms with Crippen molar-refractivity contribution in [3.63, 3.8) is 0 Å². The van der Waals surface area contributed by atoms with E-state index in [9.17, 15) is 9.59 Å². The molecule has 0 bridgehead atoms. The standard InChI is InChI=1S/C20H13Cl3N4O3S/c1-10-14-7-16(31-19(14)27(26-10)13-4-2-11(21)3-5-13)20(29)30-9-17(28)25-18-15(23)6-12(22)8-24-18/h2-8H,9H2,1H3,(H,24,25,28). The van der Waals surface area contributed by atoms with Crippen molar-refractivity contribution in [3.05, 3.63) is 68.2 Å². The molecule has 31 heavy (non-hydrogen) atoms. The van der Waals surface area contributed by atoms with E-state index in [4.69, 9.17) is 39.5 Å². The minimum Gasteiger partial charge on any atom is -0.451 e. The summed E-state index contributed by atoms with van der Waals surface area (Å²) in [6.45, 7) is 1.36. The molecule has 3 heterocycles. The molecular weight excluding hydrogens is 483 g/mol. The second-order valence-corrected chi connectivity index (χ2v) is 8.72. The molecule has 0 radical (unpaired) electrons. The second-order valence-electron chi connectivity index (χ2n) is 6.41. The molecule has 1 aromatic carbocycles. The molecule has 4 rings (SSSR count). The highest BCUT2D eigenvalue weighted by Gasteiger charge is 2.19. The first-order valence-electron chi connectivity index (χ1n) is 8.85. The number of halogens is 3. The average molecular weight is 496 g/mol. The lowest BCUT2D eigenvalue weighted by Gasteiger charge is -2.07. The van der Waals surface area contributed by atoms with E-state index in [-0.39, 0.29) is 10.8 Å². The monoisotopic (exact) mass is 494 g/mol. The van der Waals surface area contributed by atoms with Crippen LogP contribution in [0.15, 0.2) is 42.6 Å². The molecular formula is C20H13Cl3N4O3S. The van der Waals surface area contributed by atoms with Crippen molar-refractivity contribution in [3.8, 4) is 5.69 Å².